The zero-order valence-corrected chi connectivity index (χ0v) is 30.3. The van der Waals surface area contributed by atoms with E-state index in [0.29, 0.717) is 31.4 Å². The zero-order chi connectivity index (χ0) is 36.2. The van der Waals surface area contributed by atoms with Crippen LogP contribution < -0.4 is 0 Å². The van der Waals surface area contributed by atoms with Gasteiger partial charge < -0.3 is 43.6 Å². The highest BCUT2D eigenvalue weighted by molar-refractivity contribution is 5.89. The van der Waals surface area contributed by atoms with Crippen LogP contribution in [0.3, 0.4) is 0 Å². The van der Waals surface area contributed by atoms with E-state index in [0.717, 1.165) is 30.5 Å². The molecule has 0 spiro atoms. The lowest BCUT2D eigenvalue weighted by molar-refractivity contribution is -0.268. The van der Waals surface area contributed by atoms with Gasteiger partial charge in [0.25, 0.3) is 0 Å². The minimum atomic E-state index is -1.52. The molecule has 0 bridgehead atoms. The molecule has 3 N–H and O–H groups in total. The van der Waals surface area contributed by atoms with Gasteiger partial charge in [-0.1, -0.05) is 25.5 Å². The fourth-order valence-corrected chi connectivity index (χ4v) is 10.7. The predicted molar refractivity (Wildman–Crippen MR) is 179 cm³/mol. The number of aliphatic hydroxyl groups excluding tert-OH is 2. The maximum atomic E-state index is 13.5. The fourth-order valence-electron chi connectivity index (χ4n) is 10.7. The molecule has 12 nitrogen and oxygen atoms in total. The van der Waals surface area contributed by atoms with Gasteiger partial charge in [-0.3, -0.25) is 4.79 Å². The number of hydrogen-bond donors (Lipinski definition) is 3. The third-order valence-electron chi connectivity index (χ3n) is 12.9. The Kier molecular flexibility index (Phi) is 10.1. The first-order valence-electron chi connectivity index (χ1n) is 17.9. The van der Waals surface area contributed by atoms with Crippen LogP contribution in [0.2, 0.25) is 0 Å². The van der Waals surface area contributed by atoms with Gasteiger partial charge in [0.1, 0.15) is 18.4 Å². The van der Waals surface area contributed by atoms with E-state index in [4.69, 9.17) is 28.4 Å². The third-order valence-corrected chi connectivity index (χ3v) is 12.9. The van der Waals surface area contributed by atoms with Gasteiger partial charge in [0, 0.05) is 32.1 Å². The molecule has 2 aliphatic heterocycles. The molecule has 276 valence electrons. The minimum Gasteiger partial charge on any atom is -0.502 e. The van der Waals surface area contributed by atoms with Crippen molar-refractivity contribution >= 4 is 17.9 Å². The number of cyclic esters (lactones) is 1. The molecule has 3 heterocycles. The van der Waals surface area contributed by atoms with Crippen LogP contribution in [0.4, 0.5) is 0 Å². The van der Waals surface area contributed by atoms with Crippen LogP contribution in [-0.4, -0.2) is 84.3 Å². The molecule has 50 heavy (non-hydrogen) atoms. The number of aromatic nitrogens is 1. The number of methoxy groups -OCH3 is 1. The minimum absolute atomic E-state index is 0.0264. The lowest BCUT2D eigenvalue weighted by atomic mass is 9.38. The summed E-state index contributed by atoms with van der Waals surface area (Å²) >= 11 is 0. The van der Waals surface area contributed by atoms with Crippen molar-refractivity contribution in [2.45, 2.75) is 117 Å². The van der Waals surface area contributed by atoms with Crippen LogP contribution in [0, 0.1) is 40.9 Å². The number of aromatic amines is 1. The van der Waals surface area contributed by atoms with Gasteiger partial charge in [0.15, 0.2) is 6.29 Å². The Hall–Kier alpha value is -3.19. The largest absolute Gasteiger partial charge is 0.502 e. The van der Waals surface area contributed by atoms with Crippen LogP contribution in [-0.2, 0) is 38.0 Å². The quantitative estimate of drug-likeness (QED) is 0.171. The van der Waals surface area contributed by atoms with E-state index in [1.807, 2.05) is 26.8 Å². The van der Waals surface area contributed by atoms with E-state index in [1.165, 1.54) is 6.92 Å². The zero-order valence-electron chi connectivity index (χ0n) is 30.3. The van der Waals surface area contributed by atoms with Crippen LogP contribution in [0.15, 0.2) is 35.1 Å². The molecule has 12 heteroatoms. The number of carbonyl (C=O) groups excluding carboxylic acids is 3. The average molecular weight is 700 g/mol. The van der Waals surface area contributed by atoms with Crippen molar-refractivity contribution in [1.29, 1.82) is 0 Å². The topological polar surface area (TPSA) is 163 Å². The highest BCUT2D eigenvalue weighted by Crippen LogP contribution is 2.70. The van der Waals surface area contributed by atoms with Crippen molar-refractivity contribution in [3.8, 4) is 0 Å². The van der Waals surface area contributed by atoms with E-state index in [9.17, 15) is 24.6 Å². The number of hydrogen-bond acceptors (Lipinski definition) is 11. The van der Waals surface area contributed by atoms with Gasteiger partial charge >= 0.3 is 17.9 Å². The highest BCUT2D eigenvalue weighted by atomic mass is 16.7. The second kappa shape index (κ2) is 13.7. The average Bonchev–Trinajstić information content (AvgIpc) is 3.60. The fraction of sp³-hybridized carbons (Fsp3) is 0.711. The van der Waals surface area contributed by atoms with Crippen molar-refractivity contribution in [3.63, 3.8) is 0 Å². The molecule has 0 aromatic carbocycles. The summed E-state index contributed by atoms with van der Waals surface area (Å²) in [6, 6.07) is 3.51. The molecular formula is C38H53NO11. The summed E-state index contributed by atoms with van der Waals surface area (Å²) in [5.74, 6) is -2.88. The van der Waals surface area contributed by atoms with Gasteiger partial charge in [-0.25, -0.2) is 9.59 Å². The van der Waals surface area contributed by atoms with Crippen LogP contribution in [0.1, 0.15) is 95.7 Å². The summed E-state index contributed by atoms with van der Waals surface area (Å²) in [5.41, 5.74) is 0.584. The van der Waals surface area contributed by atoms with Crippen molar-refractivity contribution in [2.75, 3.05) is 20.3 Å². The molecular weight excluding hydrogens is 646 g/mol. The number of esters is 3. The maximum absolute atomic E-state index is 13.5. The predicted octanol–water partition coefficient (Wildman–Crippen LogP) is 5.44. The van der Waals surface area contributed by atoms with Gasteiger partial charge in [-0.05, 0) is 94.1 Å². The van der Waals surface area contributed by atoms with E-state index in [2.05, 4.69) is 24.9 Å². The Labute approximate surface area is 293 Å². The number of aryl methyl sites for hydroxylation is 1. The van der Waals surface area contributed by atoms with Crippen molar-refractivity contribution < 1.29 is 53.0 Å². The Morgan fingerprint density at radius 2 is 1.78 bits per heavy atom. The molecule has 0 radical (unpaired) electrons. The molecule has 1 aromatic rings. The molecule has 0 amide bonds. The summed E-state index contributed by atoms with van der Waals surface area (Å²) in [6.07, 6.45) is 3.97. The Balaban J connectivity index is 1.39. The lowest BCUT2D eigenvalue weighted by Crippen LogP contribution is -2.65. The molecule has 1 saturated heterocycles. The number of fused-ring (bicyclic) bond motifs is 3. The number of ether oxygens (including phenoxy) is 6. The van der Waals surface area contributed by atoms with Gasteiger partial charge in [-0.2, -0.15) is 0 Å². The normalized spacial score (nSPS) is 40.0. The molecule has 1 aromatic heterocycles. The summed E-state index contributed by atoms with van der Waals surface area (Å²) < 4.78 is 35.9. The second-order valence-electron chi connectivity index (χ2n) is 15.8. The van der Waals surface area contributed by atoms with Crippen LogP contribution in [0.25, 0.3) is 0 Å². The van der Waals surface area contributed by atoms with E-state index in [1.54, 1.807) is 13.2 Å². The summed E-state index contributed by atoms with van der Waals surface area (Å²) in [4.78, 5) is 41.6. The first kappa shape index (κ1) is 36.6. The summed E-state index contributed by atoms with van der Waals surface area (Å²) in [7, 11) is 1.67. The number of carbonyl (C=O) groups is 3. The molecule has 3 aliphatic carbocycles. The molecule has 0 unspecified atom stereocenters. The van der Waals surface area contributed by atoms with Crippen molar-refractivity contribution in [3.05, 3.63) is 46.5 Å². The Morgan fingerprint density at radius 3 is 2.40 bits per heavy atom. The Morgan fingerprint density at radius 1 is 1.04 bits per heavy atom. The van der Waals surface area contributed by atoms with Crippen molar-refractivity contribution in [1.82, 2.24) is 4.98 Å². The number of rotatable bonds is 9. The molecule has 5 aliphatic rings. The second-order valence-corrected chi connectivity index (χ2v) is 15.8. The maximum Gasteiger partial charge on any atom is 0.376 e. The van der Waals surface area contributed by atoms with Crippen molar-refractivity contribution in [2.24, 2.45) is 34.0 Å². The molecule has 2 saturated carbocycles. The number of allylic oxidation sites excluding steroid dienone is 2. The Bertz CT molecular complexity index is 1550. The SMILES string of the molecule is CO[C@@H]1CC[C@H](OC[C@@]2(COC(=O)c3ccc(C)[nH]3)[C@H](OC(C)=O)CC[C@@]3(C)[C@@H]4CC=C(C)[C@@H](C5=C(O)C(=O)O[C@@H]5O)[C@]4(C)CC[C@@H]32)O[C@H]1C. The summed E-state index contributed by atoms with van der Waals surface area (Å²) in [5, 5.41) is 21.7. The van der Waals surface area contributed by atoms with Gasteiger partial charge in [-0.15, -0.1) is 0 Å². The smallest absolute Gasteiger partial charge is 0.376 e. The van der Waals surface area contributed by atoms with E-state index in [-0.39, 0.29) is 48.2 Å². The van der Waals surface area contributed by atoms with E-state index >= 15 is 0 Å². The molecule has 3 fully saturated rings. The van der Waals surface area contributed by atoms with Crippen LogP contribution >= 0.6 is 0 Å². The highest BCUT2D eigenvalue weighted by Gasteiger charge is 2.67. The molecule has 11 atom stereocenters. The number of H-pyrrole nitrogens is 1. The third kappa shape index (κ3) is 6.20. The lowest BCUT2D eigenvalue weighted by Gasteiger charge is -2.67. The molecule has 6 rings (SSSR count). The number of nitrogens with one attached hydrogen (secondary N) is 1. The summed E-state index contributed by atoms with van der Waals surface area (Å²) in [6.45, 7) is 11.7. The number of aliphatic hydroxyl groups is 2. The first-order chi connectivity index (χ1) is 23.6. The van der Waals surface area contributed by atoms with E-state index < -0.39 is 59.1 Å². The van der Waals surface area contributed by atoms with Gasteiger partial charge in [0.05, 0.1) is 29.8 Å². The monoisotopic (exact) mass is 699 g/mol. The van der Waals surface area contributed by atoms with Gasteiger partial charge in [0.2, 0.25) is 12.0 Å². The van der Waals surface area contributed by atoms with Crippen LogP contribution in [0.5, 0.6) is 0 Å². The standard InChI is InChI=1S/C38H53NO11/c1-20-8-12-26-36(5)17-15-28(49-23(4)40)38(19-47-33(42)24-10-9-21(2)39-24,18-46-29-13-11-25(45-7)22(3)48-29)27(36)14-16-37(26,6)31(20)30-32(41)35(44)50-34(30)43/h8-10,22,25-29,31,34,39,41,43H,11-19H2,1-7H3/t22-,25+,26-,27-,28+,29+,31-,34-,36-,37+,38-/m0/s1. The first-order valence-corrected chi connectivity index (χ1v) is 17.9.